The van der Waals surface area contributed by atoms with Crippen molar-refractivity contribution in [2.45, 2.75) is 13.1 Å². The first-order valence-electron chi connectivity index (χ1n) is 7.40. The summed E-state index contributed by atoms with van der Waals surface area (Å²) in [6, 6.07) is 15.1. The lowest BCUT2D eigenvalue weighted by atomic mass is 10.1. The number of rotatable bonds is 4. The van der Waals surface area contributed by atoms with E-state index in [1.54, 1.807) is 24.4 Å². The monoisotopic (exact) mass is 380 g/mol. The summed E-state index contributed by atoms with van der Waals surface area (Å²) in [5, 5.41) is 9.14. The van der Waals surface area contributed by atoms with Crippen molar-refractivity contribution in [2.24, 2.45) is 5.10 Å². The molecule has 0 atom stereocenters. The molecule has 0 spiro atoms. The molecule has 2 aromatic rings. The molecule has 2 aromatic carbocycles. The van der Waals surface area contributed by atoms with Crippen LogP contribution in [0.4, 0.5) is 24.5 Å². The summed E-state index contributed by atoms with van der Waals surface area (Å²) in [4.78, 5) is 10.9. The molecule has 136 valence electrons. The Morgan fingerprint density at radius 1 is 0.962 bits per heavy atom. The molecule has 5 nitrogen and oxygen atoms in total. The molecule has 0 aliphatic heterocycles. The molecule has 2 rings (SSSR count). The van der Waals surface area contributed by atoms with Crippen molar-refractivity contribution < 1.29 is 18.0 Å². The Bertz CT molecular complexity index is 805. The lowest BCUT2D eigenvalue weighted by molar-refractivity contribution is -0.167. The first-order valence-corrected chi connectivity index (χ1v) is 7.81. The van der Waals surface area contributed by atoms with E-state index in [4.69, 9.17) is 12.2 Å². The van der Waals surface area contributed by atoms with Crippen LogP contribution >= 0.6 is 12.2 Å². The van der Waals surface area contributed by atoms with E-state index >= 15 is 0 Å². The number of halogens is 3. The van der Waals surface area contributed by atoms with Crippen molar-refractivity contribution >= 4 is 40.3 Å². The van der Waals surface area contributed by atoms with Gasteiger partial charge in [0.2, 0.25) is 0 Å². The molecule has 0 aromatic heterocycles. The average molecular weight is 380 g/mol. The number of hydrogen-bond donors (Lipinski definition) is 3. The van der Waals surface area contributed by atoms with Gasteiger partial charge in [-0.25, -0.2) is 0 Å². The number of carbonyl (C=O) groups excluding carboxylic acids is 1. The second-order valence-corrected chi connectivity index (χ2v) is 5.57. The fraction of sp³-hybridized carbons (Fsp3) is 0.118. The zero-order chi connectivity index (χ0) is 19.2. The number of nitrogens with zero attached hydrogens (tertiary/aromatic N) is 1. The third kappa shape index (κ3) is 5.85. The molecule has 0 radical (unpaired) electrons. The highest BCUT2D eigenvalue weighted by Crippen LogP contribution is 2.18. The van der Waals surface area contributed by atoms with Crippen LogP contribution in [-0.2, 0) is 4.79 Å². The number of para-hydroxylation sites is 1. The van der Waals surface area contributed by atoms with E-state index in [1.165, 1.54) is 12.1 Å². The van der Waals surface area contributed by atoms with Gasteiger partial charge in [0.25, 0.3) is 0 Å². The zero-order valence-electron chi connectivity index (χ0n) is 13.6. The molecule has 0 heterocycles. The summed E-state index contributed by atoms with van der Waals surface area (Å²) in [6.07, 6.45) is -4.93. The Kier molecular flexibility index (Phi) is 6.29. The Labute approximate surface area is 153 Å². The maximum Gasteiger partial charge on any atom is 0.471 e. The Balaban J connectivity index is 1.94. The van der Waals surface area contributed by atoms with E-state index in [2.05, 4.69) is 15.8 Å². The summed E-state index contributed by atoms with van der Waals surface area (Å²) < 4.78 is 36.7. The van der Waals surface area contributed by atoms with Crippen LogP contribution in [0.1, 0.15) is 12.5 Å². The van der Waals surface area contributed by atoms with Crippen molar-refractivity contribution in [3.63, 3.8) is 0 Å². The molecule has 0 unspecified atom stereocenters. The van der Waals surface area contributed by atoms with Crippen LogP contribution in [0, 0.1) is 0 Å². The Morgan fingerprint density at radius 2 is 1.54 bits per heavy atom. The predicted octanol–water partition coefficient (Wildman–Crippen LogP) is 3.90. The molecule has 0 saturated heterocycles. The number of amides is 1. The van der Waals surface area contributed by atoms with Gasteiger partial charge >= 0.3 is 12.1 Å². The number of alkyl halides is 3. The highest BCUT2D eigenvalue weighted by molar-refractivity contribution is 7.80. The van der Waals surface area contributed by atoms with E-state index < -0.39 is 12.1 Å². The second kappa shape index (κ2) is 8.43. The molecule has 3 N–H and O–H groups in total. The van der Waals surface area contributed by atoms with Gasteiger partial charge in [0.05, 0.1) is 5.71 Å². The predicted molar refractivity (Wildman–Crippen MR) is 99.1 cm³/mol. The fourth-order valence-electron chi connectivity index (χ4n) is 1.88. The molecule has 0 fully saturated rings. The largest absolute Gasteiger partial charge is 0.471 e. The first kappa shape index (κ1) is 19.4. The second-order valence-electron chi connectivity index (χ2n) is 5.16. The first-order chi connectivity index (χ1) is 12.3. The third-order valence-electron chi connectivity index (χ3n) is 3.17. The van der Waals surface area contributed by atoms with Gasteiger partial charge in [0.15, 0.2) is 5.11 Å². The van der Waals surface area contributed by atoms with Crippen molar-refractivity contribution in [3.8, 4) is 0 Å². The number of carbonyl (C=O) groups is 1. The normalized spacial score (nSPS) is 11.6. The van der Waals surface area contributed by atoms with Crippen molar-refractivity contribution in [1.82, 2.24) is 5.43 Å². The van der Waals surface area contributed by atoms with E-state index in [9.17, 15) is 18.0 Å². The van der Waals surface area contributed by atoms with Crippen molar-refractivity contribution in [1.29, 1.82) is 0 Å². The minimum Gasteiger partial charge on any atom is -0.331 e. The maximum atomic E-state index is 12.2. The van der Waals surface area contributed by atoms with E-state index in [0.717, 1.165) is 5.69 Å². The molecule has 0 saturated carbocycles. The highest BCUT2D eigenvalue weighted by Gasteiger charge is 2.38. The maximum absolute atomic E-state index is 12.2. The van der Waals surface area contributed by atoms with Crippen LogP contribution in [0.2, 0.25) is 0 Å². The van der Waals surface area contributed by atoms with Gasteiger partial charge in [-0.15, -0.1) is 0 Å². The quantitative estimate of drug-likeness (QED) is 0.428. The van der Waals surface area contributed by atoms with E-state index in [1.807, 2.05) is 30.3 Å². The van der Waals surface area contributed by atoms with Gasteiger partial charge in [-0.2, -0.15) is 18.3 Å². The van der Waals surface area contributed by atoms with E-state index in [-0.39, 0.29) is 5.69 Å². The lowest BCUT2D eigenvalue weighted by Crippen LogP contribution is -2.29. The van der Waals surface area contributed by atoms with Gasteiger partial charge in [-0.3, -0.25) is 10.2 Å². The van der Waals surface area contributed by atoms with E-state index in [0.29, 0.717) is 16.4 Å². The number of hydrazone groups is 1. The third-order valence-corrected chi connectivity index (χ3v) is 3.37. The van der Waals surface area contributed by atoms with Crippen molar-refractivity contribution in [2.75, 3.05) is 10.6 Å². The minimum absolute atomic E-state index is 0.0399. The molecule has 0 aliphatic rings. The Hall–Kier alpha value is -2.94. The van der Waals surface area contributed by atoms with Crippen LogP contribution in [0.5, 0.6) is 0 Å². The zero-order valence-corrected chi connectivity index (χ0v) is 14.4. The SMILES string of the molecule is C/C(=N/NC(=S)Nc1ccccc1)c1ccc(NC(=O)C(F)(F)F)cc1. The summed E-state index contributed by atoms with van der Waals surface area (Å²) in [5.41, 5.74) is 4.76. The number of benzene rings is 2. The fourth-order valence-corrected chi connectivity index (χ4v) is 2.04. The molecular formula is C17H15F3N4OS. The molecule has 0 aliphatic carbocycles. The number of thiocarbonyl (C=S) groups is 1. The standard InChI is InChI=1S/C17H15F3N4OS/c1-11(23-24-16(26)22-13-5-3-2-4-6-13)12-7-9-14(10-8-12)21-15(25)17(18,19)20/h2-10H,1H3,(H,21,25)(H2,22,24,26)/b23-11-. The molecule has 26 heavy (non-hydrogen) atoms. The molecule has 9 heteroatoms. The smallest absolute Gasteiger partial charge is 0.331 e. The Morgan fingerprint density at radius 3 is 2.12 bits per heavy atom. The summed E-state index contributed by atoms with van der Waals surface area (Å²) >= 11 is 5.12. The van der Waals surface area contributed by atoms with Gasteiger partial charge in [0, 0.05) is 11.4 Å². The van der Waals surface area contributed by atoms with Gasteiger partial charge in [0.1, 0.15) is 0 Å². The molecular weight excluding hydrogens is 365 g/mol. The topological polar surface area (TPSA) is 65.5 Å². The minimum atomic E-state index is -4.93. The average Bonchev–Trinajstić information content (AvgIpc) is 2.60. The van der Waals surface area contributed by atoms with Gasteiger partial charge in [-0.05, 0) is 49.0 Å². The van der Waals surface area contributed by atoms with Crippen LogP contribution in [0.15, 0.2) is 59.7 Å². The van der Waals surface area contributed by atoms with Gasteiger partial charge in [-0.1, -0.05) is 30.3 Å². The van der Waals surface area contributed by atoms with Crippen LogP contribution in [0.25, 0.3) is 0 Å². The molecule has 0 bridgehead atoms. The van der Waals surface area contributed by atoms with Gasteiger partial charge < -0.3 is 10.6 Å². The summed E-state index contributed by atoms with van der Waals surface area (Å²) in [5.74, 6) is -2.02. The summed E-state index contributed by atoms with van der Waals surface area (Å²) in [6.45, 7) is 1.71. The van der Waals surface area contributed by atoms with Crippen molar-refractivity contribution in [3.05, 3.63) is 60.2 Å². The van der Waals surface area contributed by atoms with Crippen LogP contribution in [-0.4, -0.2) is 22.9 Å². The van der Waals surface area contributed by atoms with Crippen LogP contribution < -0.4 is 16.1 Å². The highest BCUT2D eigenvalue weighted by atomic mass is 32.1. The summed E-state index contributed by atoms with van der Waals surface area (Å²) in [7, 11) is 0. The number of hydrogen-bond acceptors (Lipinski definition) is 3. The number of nitrogens with one attached hydrogen (secondary N) is 3. The van der Waals surface area contributed by atoms with Crippen LogP contribution in [0.3, 0.4) is 0 Å². The lowest BCUT2D eigenvalue weighted by Gasteiger charge is -2.09. The number of anilines is 2. The molecule has 1 amide bonds.